The summed E-state index contributed by atoms with van der Waals surface area (Å²) in [4.78, 5) is 18.2. The summed E-state index contributed by atoms with van der Waals surface area (Å²) < 4.78 is 5.38. The Kier molecular flexibility index (Phi) is 3.76. The van der Waals surface area contributed by atoms with E-state index in [1.54, 1.807) is 0 Å². The molecule has 1 saturated carbocycles. The Morgan fingerprint density at radius 1 is 1.55 bits per heavy atom. The standard InChI is InChI=1S/C14H21N3O3/c1-17-6-10(12(18)7-17)4-13(19)15-5-11-14(9-2-3-9)20-8-16-11/h8-10,12,18H,2-7H2,1H3,(H,15,19)/t10-,12-/m1/s1. The zero-order valence-electron chi connectivity index (χ0n) is 11.7. The van der Waals surface area contributed by atoms with E-state index in [1.165, 1.54) is 6.39 Å². The van der Waals surface area contributed by atoms with Crippen molar-refractivity contribution in [1.29, 1.82) is 0 Å². The van der Waals surface area contributed by atoms with Crippen molar-refractivity contribution in [3.8, 4) is 0 Å². The van der Waals surface area contributed by atoms with Gasteiger partial charge in [0.2, 0.25) is 5.91 Å². The molecular weight excluding hydrogens is 258 g/mol. The number of carbonyl (C=O) groups excluding carboxylic acids is 1. The van der Waals surface area contributed by atoms with Crippen molar-refractivity contribution in [2.75, 3.05) is 20.1 Å². The van der Waals surface area contributed by atoms with Gasteiger partial charge in [-0.25, -0.2) is 4.98 Å². The average Bonchev–Trinajstić information content (AvgIpc) is 3.05. The fourth-order valence-electron chi connectivity index (χ4n) is 2.85. The number of nitrogens with zero attached hydrogens (tertiary/aromatic N) is 2. The lowest BCUT2D eigenvalue weighted by Crippen LogP contribution is -2.29. The molecular formula is C14H21N3O3. The monoisotopic (exact) mass is 279 g/mol. The lowest BCUT2D eigenvalue weighted by molar-refractivity contribution is -0.122. The van der Waals surface area contributed by atoms with Gasteiger partial charge in [-0.3, -0.25) is 4.79 Å². The van der Waals surface area contributed by atoms with Gasteiger partial charge in [0.1, 0.15) is 11.5 Å². The molecule has 2 heterocycles. The Labute approximate surface area is 118 Å². The van der Waals surface area contributed by atoms with Crippen LogP contribution in [0.5, 0.6) is 0 Å². The quantitative estimate of drug-likeness (QED) is 0.819. The van der Waals surface area contributed by atoms with E-state index < -0.39 is 6.10 Å². The molecule has 2 atom stereocenters. The third-order valence-corrected chi connectivity index (χ3v) is 4.11. The van der Waals surface area contributed by atoms with Crippen LogP contribution in [-0.2, 0) is 11.3 Å². The summed E-state index contributed by atoms with van der Waals surface area (Å²) in [6, 6.07) is 0. The SMILES string of the molecule is CN1C[C@@H](CC(=O)NCc2ncoc2C2CC2)[C@H](O)C1. The van der Waals surface area contributed by atoms with Gasteiger partial charge in [-0.2, -0.15) is 0 Å². The Balaban J connectivity index is 1.48. The maximum Gasteiger partial charge on any atom is 0.220 e. The maximum atomic E-state index is 11.9. The molecule has 1 amide bonds. The molecule has 1 aromatic heterocycles. The second kappa shape index (κ2) is 5.54. The Morgan fingerprint density at radius 2 is 2.35 bits per heavy atom. The first kappa shape index (κ1) is 13.6. The average molecular weight is 279 g/mol. The van der Waals surface area contributed by atoms with Crippen molar-refractivity contribution >= 4 is 5.91 Å². The van der Waals surface area contributed by atoms with E-state index >= 15 is 0 Å². The van der Waals surface area contributed by atoms with E-state index in [2.05, 4.69) is 10.3 Å². The summed E-state index contributed by atoms with van der Waals surface area (Å²) in [7, 11) is 1.96. The molecule has 2 aliphatic rings. The van der Waals surface area contributed by atoms with Crippen LogP contribution in [0.1, 0.15) is 36.6 Å². The first-order valence-corrected chi connectivity index (χ1v) is 7.19. The molecule has 1 aliphatic heterocycles. The van der Waals surface area contributed by atoms with Crippen LogP contribution in [0.3, 0.4) is 0 Å². The van der Waals surface area contributed by atoms with Gasteiger partial charge in [-0.1, -0.05) is 0 Å². The minimum absolute atomic E-state index is 0.0280. The third-order valence-electron chi connectivity index (χ3n) is 4.11. The highest BCUT2D eigenvalue weighted by Gasteiger charge is 2.32. The summed E-state index contributed by atoms with van der Waals surface area (Å²) in [6.45, 7) is 1.83. The van der Waals surface area contributed by atoms with Crippen LogP contribution in [0, 0.1) is 5.92 Å². The van der Waals surface area contributed by atoms with Crippen LogP contribution in [0.4, 0.5) is 0 Å². The fourth-order valence-corrected chi connectivity index (χ4v) is 2.85. The Hall–Kier alpha value is -1.40. The number of carbonyl (C=O) groups is 1. The molecule has 1 aliphatic carbocycles. The fraction of sp³-hybridized carbons (Fsp3) is 0.714. The van der Waals surface area contributed by atoms with Crippen LogP contribution in [-0.4, -0.2) is 47.1 Å². The van der Waals surface area contributed by atoms with Crippen molar-refractivity contribution in [3.63, 3.8) is 0 Å². The lowest BCUT2D eigenvalue weighted by atomic mass is 10.0. The van der Waals surface area contributed by atoms with E-state index in [0.29, 0.717) is 25.4 Å². The third kappa shape index (κ3) is 3.02. The number of aliphatic hydroxyl groups is 1. The minimum Gasteiger partial charge on any atom is -0.448 e. The van der Waals surface area contributed by atoms with E-state index in [9.17, 15) is 9.90 Å². The molecule has 6 nitrogen and oxygen atoms in total. The molecule has 0 radical (unpaired) electrons. The van der Waals surface area contributed by atoms with Crippen molar-refractivity contribution in [3.05, 3.63) is 17.8 Å². The molecule has 0 spiro atoms. The van der Waals surface area contributed by atoms with Gasteiger partial charge in [0, 0.05) is 31.3 Å². The molecule has 1 saturated heterocycles. The van der Waals surface area contributed by atoms with Crippen molar-refractivity contribution in [2.24, 2.45) is 5.92 Å². The molecule has 0 bridgehead atoms. The van der Waals surface area contributed by atoms with E-state index in [0.717, 1.165) is 30.8 Å². The number of oxazole rings is 1. The van der Waals surface area contributed by atoms with Gasteiger partial charge in [0.25, 0.3) is 0 Å². The zero-order valence-corrected chi connectivity index (χ0v) is 11.7. The van der Waals surface area contributed by atoms with Gasteiger partial charge >= 0.3 is 0 Å². The number of likely N-dealkylation sites (N-methyl/N-ethyl adjacent to an activating group) is 1. The predicted octanol–water partition coefficient (Wildman–Crippen LogP) is 0.481. The van der Waals surface area contributed by atoms with Gasteiger partial charge in [-0.05, 0) is 19.9 Å². The zero-order chi connectivity index (χ0) is 14.1. The summed E-state index contributed by atoms with van der Waals surface area (Å²) in [5, 5.41) is 12.7. The Bertz CT molecular complexity index is 484. The van der Waals surface area contributed by atoms with Crippen LogP contribution in [0.25, 0.3) is 0 Å². The number of rotatable bonds is 5. The molecule has 110 valence electrons. The number of β-amino-alcohol motifs (C(OH)–C–C–N with tert-alkyl or cyclic N) is 1. The molecule has 0 unspecified atom stereocenters. The van der Waals surface area contributed by atoms with E-state index in [-0.39, 0.29) is 11.8 Å². The van der Waals surface area contributed by atoms with E-state index in [4.69, 9.17) is 4.42 Å². The summed E-state index contributed by atoms with van der Waals surface area (Å²) in [5.74, 6) is 1.41. The number of nitrogens with one attached hydrogen (secondary N) is 1. The first-order chi connectivity index (χ1) is 9.63. The molecule has 2 fully saturated rings. The number of amides is 1. The summed E-state index contributed by atoms with van der Waals surface area (Å²) in [5.41, 5.74) is 0.838. The van der Waals surface area contributed by atoms with Crippen molar-refractivity contribution in [2.45, 2.75) is 37.8 Å². The maximum absolute atomic E-state index is 11.9. The smallest absolute Gasteiger partial charge is 0.220 e. The topological polar surface area (TPSA) is 78.6 Å². The minimum atomic E-state index is -0.403. The molecule has 3 rings (SSSR count). The van der Waals surface area contributed by atoms with Crippen LogP contribution < -0.4 is 5.32 Å². The molecule has 6 heteroatoms. The number of aliphatic hydroxyl groups excluding tert-OH is 1. The van der Waals surface area contributed by atoms with Crippen molar-refractivity contribution in [1.82, 2.24) is 15.2 Å². The highest BCUT2D eigenvalue weighted by atomic mass is 16.3. The number of hydrogen-bond acceptors (Lipinski definition) is 5. The Morgan fingerprint density at radius 3 is 3.00 bits per heavy atom. The lowest BCUT2D eigenvalue weighted by Gasteiger charge is -2.12. The highest BCUT2D eigenvalue weighted by molar-refractivity contribution is 5.76. The van der Waals surface area contributed by atoms with Gasteiger partial charge in [-0.15, -0.1) is 0 Å². The van der Waals surface area contributed by atoms with Crippen molar-refractivity contribution < 1.29 is 14.3 Å². The number of hydrogen-bond donors (Lipinski definition) is 2. The molecule has 20 heavy (non-hydrogen) atoms. The van der Waals surface area contributed by atoms with Crippen LogP contribution >= 0.6 is 0 Å². The first-order valence-electron chi connectivity index (χ1n) is 7.19. The molecule has 1 aromatic rings. The second-order valence-corrected chi connectivity index (χ2v) is 5.97. The number of aromatic nitrogens is 1. The normalized spacial score (nSPS) is 26.9. The molecule has 0 aromatic carbocycles. The highest BCUT2D eigenvalue weighted by Crippen LogP contribution is 2.41. The van der Waals surface area contributed by atoms with Gasteiger partial charge < -0.3 is 19.7 Å². The van der Waals surface area contributed by atoms with Gasteiger partial charge in [0.15, 0.2) is 6.39 Å². The van der Waals surface area contributed by atoms with Crippen LogP contribution in [0.2, 0.25) is 0 Å². The van der Waals surface area contributed by atoms with E-state index in [1.807, 2.05) is 11.9 Å². The molecule has 2 N–H and O–H groups in total. The summed E-state index contributed by atoms with van der Waals surface area (Å²) >= 11 is 0. The largest absolute Gasteiger partial charge is 0.448 e. The number of likely N-dealkylation sites (tertiary alicyclic amines) is 1. The second-order valence-electron chi connectivity index (χ2n) is 5.97. The predicted molar refractivity (Wildman–Crippen MR) is 71.9 cm³/mol. The van der Waals surface area contributed by atoms with Crippen LogP contribution in [0.15, 0.2) is 10.8 Å². The summed E-state index contributed by atoms with van der Waals surface area (Å²) in [6.07, 6.45) is 3.71. The van der Waals surface area contributed by atoms with Gasteiger partial charge in [0.05, 0.1) is 12.6 Å².